The van der Waals surface area contributed by atoms with Gasteiger partial charge in [-0.2, -0.15) is 0 Å². The number of nitrogens with one attached hydrogen (secondary N) is 1. The van der Waals surface area contributed by atoms with Crippen LogP contribution in [0.15, 0.2) is 78.9 Å². The van der Waals surface area contributed by atoms with Crippen molar-refractivity contribution >= 4 is 22.6 Å². The van der Waals surface area contributed by atoms with Gasteiger partial charge in [0, 0.05) is 22.2 Å². The van der Waals surface area contributed by atoms with Gasteiger partial charge in [-0.3, -0.25) is 4.79 Å². The number of nitrogens with zero attached hydrogens (tertiary/aromatic N) is 2. The van der Waals surface area contributed by atoms with Gasteiger partial charge >= 0.3 is 0 Å². The number of hydrogen-bond acceptors (Lipinski definition) is 3. The Morgan fingerprint density at radius 3 is 1.76 bits per heavy atom. The van der Waals surface area contributed by atoms with Crippen molar-refractivity contribution in [3.63, 3.8) is 0 Å². The van der Waals surface area contributed by atoms with E-state index in [9.17, 15) is 4.79 Å². The minimum atomic E-state index is -0.465. The van der Waals surface area contributed by atoms with Crippen molar-refractivity contribution in [3.05, 3.63) is 78.9 Å². The predicted octanol–water partition coefficient (Wildman–Crippen LogP) is 5.95. The van der Waals surface area contributed by atoms with Crippen LogP contribution in [0.4, 0.5) is 5.69 Å². The fourth-order valence-corrected chi connectivity index (χ4v) is 3.05. The van der Waals surface area contributed by atoms with Crippen LogP contribution in [0.5, 0.6) is 0 Å². The van der Waals surface area contributed by atoms with Gasteiger partial charge in [0.05, 0.1) is 22.4 Å². The molecule has 0 fully saturated rings. The summed E-state index contributed by atoms with van der Waals surface area (Å²) in [6, 6.07) is 25.8. The number of benzene rings is 3. The van der Waals surface area contributed by atoms with Crippen molar-refractivity contribution < 1.29 is 4.79 Å². The van der Waals surface area contributed by atoms with Crippen molar-refractivity contribution in [2.45, 2.75) is 20.8 Å². The van der Waals surface area contributed by atoms with E-state index in [0.717, 1.165) is 39.2 Å². The van der Waals surface area contributed by atoms with E-state index < -0.39 is 5.41 Å². The SMILES string of the molecule is CC(C)(C)C(=O)Nc1ccc2nc(-c3ccccc3)c(-c3ccccc3)nc2c1. The Morgan fingerprint density at radius 2 is 1.24 bits per heavy atom. The number of aromatic nitrogens is 2. The van der Waals surface area contributed by atoms with Gasteiger partial charge in [-0.1, -0.05) is 81.4 Å². The third-order valence-corrected chi connectivity index (χ3v) is 4.70. The molecule has 1 amide bonds. The molecule has 0 atom stereocenters. The molecule has 0 bridgehead atoms. The van der Waals surface area contributed by atoms with E-state index in [1.165, 1.54) is 0 Å². The Hall–Kier alpha value is -3.53. The molecular formula is C25H23N3O. The standard InChI is InChI=1S/C25H23N3O/c1-25(2,3)24(29)26-19-14-15-20-21(16-19)28-23(18-12-8-5-9-13-18)22(27-20)17-10-6-4-7-11-17/h4-16H,1-3H3,(H,26,29). The molecule has 3 aromatic carbocycles. The highest BCUT2D eigenvalue weighted by atomic mass is 16.2. The van der Waals surface area contributed by atoms with Gasteiger partial charge in [0.1, 0.15) is 0 Å². The van der Waals surface area contributed by atoms with Crippen molar-refractivity contribution in [3.8, 4) is 22.5 Å². The summed E-state index contributed by atoms with van der Waals surface area (Å²) in [4.78, 5) is 22.2. The summed E-state index contributed by atoms with van der Waals surface area (Å²) in [5, 5.41) is 2.97. The first-order chi connectivity index (χ1) is 13.9. The van der Waals surface area contributed by atoms with Crippen molar-refractivity contribution in [1.29, 1.82) is 0 Å². The van der Waals surface area contributed by atoms with E-state index >= 15 is 0 Å². The molecule has 0 spiro atoms. The lowest BCUT2D eigenvalue weighted by atomic mass is 9.95. The molecule has 4 heteroatoms. The van der Waals surface area contributed by atoms with Crippen molar-refractivity contribution in [2.75, 3.05) is 5.32 Å². The van der Waals surface area contributed by atoms with Crippen LogP contribution in [-0.4, -0.2) is 15.9 Å². The Labute approximate surface area is 170 Å². The van der Waals surface area contributed by atoms with Gasteiger partial charge in [-0.15, -0.1) is 0 Å². The number of anilines is 1. The van der Waals surface area contributed by atoms with E-state index in [1.807, 2.05) is 99.6 Å². The summed E-state index contributed by atoms with van der Waals surface area (Å²) in [5.41, 5.74) is 5.48. The molecule has 1 N–H and O–H groups in total. The van der Waals surface area contributed by atoms with Gasteiger partial charge < -0.3 is 5.32 Å². The number of rotatable bonds is 3. The fourth-order valence-electron chi connectivity index (χ4n) is 3.05. The molecule has 1 heterocycles. The van der Waals surface area contributed by atoms with Gasteiger partial charge in [0.2, 0.25) is 5.91 Å². The zero-order chi connectivity index (χ0) is 20.4. The number of carbonyl (C=O) groups excluding carboxylic acids is 1. The monoisotopic (exact) mass is 381 g/mol. The van der Waals surface area contributed by atoms with Gasteiger partial charge in [0.15, 0.2) is 0 Å². The highest BCUT2D eigenvalue weighted by Crippen LogP contribution is 2.31. The van der Waals surface area contributed by atoms with Crippen molar-refractivity contribution in [2.24, 2.45) is 5.41 Å². The fraction of sp³-hybridized carbons (Fsp3) is 0.160. The molecule has 1 aromatic heterocycles. The first-order valence-electron chi connectivity index (χ1n) is 9.66. The summed E-state index contributed by atoms with van der Waals surface area (Å²) < 4.78 is 0. The van der Waals surface area contributed by atoms with Gasteiger partial charge in [0.25, 0.3) is 0 Å². The van der Waals surface area contributed by atoms with Crippen LogP contribution >= 0.6 is 0 Å². The second-order valence-corrected chi connectivity index (χ2v) is 8.06. The molecule has 144 valence electrons. The Kier molecular flexibility index (Phi) is 4.85. The summed E-state index contributed by atoms with van der Waals surface area (Å²) in [5.74, 6) is -0.0333. The van der Waals surface area contributed by atoms with E-state index in [0.29, 0.717) is 0 Å². The average Bonchev–Trinajstić information content (AvgIpc) is 2.73. The lowest BCUT2D eigenvalue weighted by molar-refractivity contribution is -0.123. The topological polar surface area (TPSA) is 54.9 Å². The molecular weight excluding hydrogens is 358 g/mol. The lowest BCUT2D eigenvalue weighted by Gasteiger charge is -2.18. The maximum Gasteiger partial charge on any atom is 0.229 e. The van der Waals surface area contributed by atoms with Crippen molar-refractivity contribution in [1.82, 2.24) is 9.97 Å². The Morgan fingerprint density at radius 1 is 0.724 bits per heavy atom. The van der Waals surface area contributed by atoms with E-state index in [4.69, 9.17) is 9.97 Å². The van der Waals surface area contributed by atoms with E-state index in [2.05, 4.69) is 5.32 Å². The highest BCUT2D eigenvalue weighted by molar-refractivity contribution is 5.96. The van der Waals surface area contributed by atoms with Gasteiger partial charge in [-0.25, -0.2) is 9.97 Å². The molecule has 29 heavy (non-hydrogen) atoms. The largest absolute Gasteiger partial charge is 0.326 e. The summed E-state index contributed by atoms with van der Waals surface area (Å²) >= 11 is 0. The van der Waals surface area contributed by atoms with E-state index in [-0.39, 0.29) is 5.91 Å². The normalized spacial score (nSPS) is 11.4. The second-order valence-electron chi connectivity index (χ2n) is 8.06. The van der Waals surface area contributed by atoms with Gasteiger partial charge in [-0.05, 0) is 18.2 Å². The zero-order valence-corrected chi connectivity index (χ0v) is 16.8. The first-order valence-corrected chi connectivity index (χ1v) is 9.66. The third-order valence-electron chi connectivity index (χ3n) is 4.70. The summed E-state index contributed by atoms with van der Waals surface area (Å²) in [6.07, 6.45) is 0. The third kappa shape index (κ3) is 4.02. The molecule has 4 rings (SSSR count). The molecule has 0 radical (unpaired) electrons. The van der Waals surface area contributed by atoms with Crippen LogP contribution in [0.2, 0.25) is 0 Å². The van der Waals surface area contributed by atoms with Crippen LogP contribution in [-0.2, 0) is 4.79 Å². The van der Waals surface area contributed by atoms with Crippen LogP contribution in [0.25, 0.3) is 33.5 Å². The maximum atomic E-state index is 12.4. The zero-order valence-electron chi connectivity index (χ0n) is 16.8. The minimum absolute atomic E-state index is 0.0333. The maximum absolute atomic E-state index is 12.4. The van der Waals surface area contributed by atoms with Crippen LogP contribution in [0.3, 0.4) is 0 Å². The molecule has 0 aliphatic carbocycles. The minimum Gasteiger partial charge on any atom is -0.326 e. The van der Waals surface area contributed by atoms with Crippen LogP contribution in [0.1, 0.15) is 20.8 Å². The number of carbonyl (C=O) groups is 1. The smallest absolute Gasteiger partial charge is 0.229 e. The predicted molar refractivity (Wildman–Crippen MR) is 118 cm³/mol. The molecule has 0 aliphatic rings. The number of hydrogen-bond donors (Lipinski definition) is 1. The molecule has 4 aromatic rings. The molecule has 0 unspecified atom stereocenters. The quantitative estimate of drug-likeness (QED) is 0.477. The number of fused-ring (bicyclic) bond motifs is 1. The van der Waals surface area contributed by atoms with E-state index in [1.54, 1.807) is 0 Å². The second kappa shape index (κ2) is 7.47. The average molecular weight is 381 g/mol. The summed E-state index contributed by atoms with van der Waals surface area (Å²) in [7, 11) is 0. The molecule has 4 nitrogen and oxygen atoms in total. The Balaban J connectivity index is 1.86. The Bertz CT molecular complexity index is 1160. The highest BCUT2D eigenvalue weighted by Gasteiger charge is 2.21. The number of amides is 1. The summed E-state index contributed by atoms with van der Waals surface area (Å²) in [6.45, 7) is 5.68. The van der Waals surface area contributed by atoms with Crippen LogP contribution < -0.4 is 5.32 Å². The lowest BCUT2D eigenvalue weighted by Crippen LogP contribution is -2.27. The molecule has 0 aliphatic heterocycles. The molecule has 0 saturated carbocycles. The first kappa shape index (κ1) is 18.8. The van der Waals surface area contributed by atoms with Crippen LogP contribution in [0, 0.1) is 5.41 Å². The molecule has 0 saturated heterocycles.